The van der Waals surface area contributed by atoms with Gasteiger partial charge in [0.05, 0.1) is 16.5 Å². The molecule has 1 aliphatic rings. The van der Waals surface area contributed by atoms with Crippen molar-refractivity contribution in [3.8, 4) is 5.75 Å². The second-order valence-corrected chi connectivity index (χ2v) is 6.05. The number of methoxy groups -OCH3 is 1. The Morgan fingerprint density at radius 2 is 2.19 bits per heavy atom. The highest BCUT2D eigenvalue weighted by atomic mass is 79.9. The van der Waals surface area contributed by atoms with E-state index in [0.29, 0.717) is 0 Å². The van der Waals surface area contributed by atoms with E-state index < -0.39 is 0 Å². The molecule has 0 aliphatic heterocycles. The third kappa shape index (κ3) is 2.55. The Labute approximate surface area is 109 Å². The van der Waals surface area contributed by atoms with Gasteiger partial charge < -0.3 is 10.5 Å². The second kappa shape index (κ2) is 4.59. The zero-order valence-electron chi connectivity index (χ0n) is 9.55. The van der Waals surface area contributed by atoms with Crippen LogP contribution in [0.1, 0.15) is 18.4 Å². The Morgan fingerprint density at radius 1 is 1.50 bits per heavy atom. The van der Waals surface area contributed by atoms with Gasteiger partial charge in [0, 0.05) is 5.54 Å². The zero-order valence-corrected chi connectivity index (χ0v) is 12.0. The molecule has 0 saturated heterocycles. The molecule has 0 heterocycles. The molecule has 1 aliphatic carbocycles. The van der Waals surface area contributed by atoms with Crippen molar-refractivity contribution in [2.45, 2.75) is 29.7 Å². The van der Waals surface area contributed by atoms with Gasteiger partial charge in [-0.1, -0.05) is 0 Å². The lowest BCUT2D eigenvalue weighted by Gasteiger charge is -2.13. The van der Waals surface area contributed by atoms with Gasteiger partial charge in [0.25, 0.3) is 0 Å². The van der Waals surface area contributed by atoms with E-state index >= 15 is 0 Å². The van der Waals surface area contributed by atoms with E-state index in [1.807, 2.05) is 0 Å². The van der Waals surface area contributed by atoms with Crippen LogP contribution in [-0.4, -0.2) is 18.9 Å². The molecule has 1 saturated carbocycles. The van der Waals surface area contributed by atoms with Gasteiger partial charge in [0.1, 0.15) is 5.75 Å². The number of benzene rings is 1. The van der Waals surface area contributed by atoms with Crippen molar-refractivity contribution >= 4 is 27.7 Å². The summed E-state index contributed by atoms with van der Waals surface area (Å²) in [5.41, 5.74) is 7.49. The highest BCUT2D eigenvalue weighted by Gasteiger charge is 2.38. The highest BCUT2D eigenvalue weighted by Crippen LogP contribution is 2.40. The fraction of sp³-hybridized carbons (Fsp3) is 0.500. The summed E-state index contributed by atoms with van der Waals surface area (Å²) in [6.45, 7) is 0. The molecule has 0 bridgehead atoms. The van der Waals surface area contributed by atoms with E-state index in [2.05, 4.69) is 34.3 Å². The number of thioether (sulfide) groups is 1. The van der Waals surface area contributed by atoms with Crippen LogP contribution in [0.3, 0.4) is 0 Å². The lowest BCUT2D eigenvalue weighted by molar-refractivity contribution is 0.401. The van der Waals surface area contributed by atoms with Crippen LogP contribution in [0.2, 0.25) is 0 Å². The lowest BCUT2D eigenvalue weighted by atomic mass is 10.1. The van der Waals surface area contributed by atoms with E-state index in [9.17, 15) is 0 Å². The summed E-state index contributed by atoms with van der Waals surface area (Å²) in [5, 5.41) is 0. The number of hydrogen-bond donors (Lipinski definition) is 1. The molecule has 1 aromatic rings. The molecule has 0 unspecified atom stereocenters. The number of halogens is 1. The number of ether oxygens (including phenoxy) is 1. The number of nitrogens with two attached hydrogens (primary N) is 1. The Morgan fingerprint density at radius 3 is 2.69 bits per heavy atom. The van der Waals surface area contributed by atoms with Gasteiger partial charge in [-0.05, 0) is 59.1 Å². The topological polar surface area (TPSA) is 35.2 Å². The monoisotopic (exact) mass is 301 g/mol. The molecule has 0 spiro atoms. The Bertz CT molecular complexity index is 404. The minimum absolute atomic E-state index is 0.0592. The molecular formula is C12H16BrNOS. The second-order valence-electron chi connectivity index (χ2n) is 4.35. The first-order valence-electron chi connectivity index (χ1n) is 5.27. The fourth-order valence-corrected chi connectivity index (χ4v) is 3.27. The van der Waals surface area contributed by atoms with Crippen LogP contribution >= 0.6 is 27.7 Å². The third-order valence-corrected chi connectivity index (χ3v) is 4.27. The minimum atomic E-state index is 0.0592. The fourth-order valence-electron chi connectivity index (χ4n) is 1.82. The Hall–Kier alpha value is -0.190. The van der Waals surface area contributed by atoms with Crippen molar-refractivity contribution in [2.24, 2.45) is 5.73 Å². The van der Waals surface area contributed by atoms with Crippen molar-refractivity contribution in [1.82, 2.24) is 0 Å². The summed E-state index contributed by atoms with van der Waals surface area (Å²) in [5.74, 6) is 0.915. The standard InChI is InChI=1S/C12H16BrNOS/c1-15-11-9(13)5-8(6-10(11)16-2)7-12(14)3-4-12/h5-6H,3-4,7,14H2,1-2H3. The Balaban J connectivity index is 2.30. The quantitative estimate of drug-likeness (QED) is 0.867. The first-order chi connectivity index (χ1) is 7.58. The maximum absolute atomic E-state index is 6.14. The average molecular weight is 302 g/mol. The first kappa shape index (κ1) is 12.3. The number of hydrogen-bond acceptors (Lipinski definition) is 3. The van der Waals surface area contributed by atoms with Crippen molar-refractivity contribution < 1.29 is 4.74 Å². The van der Waals surface area contributed by atoms with E-state index in [-0.39, 0.29) is 5.54 Å². The number of rotatable bonds is 4. The molecule has 2 N–H and O–H groups in total. The van der Waals surface area contributed by atoms with Crippen molar-refractivity contribution in [3.63, 3.8) is 0 Å². The molecular weight excluding hydrogens is 286 g/mol. The van der Waals surface area contributed by atoms with Gasteiger partial charge in [-0.15, -0.1) is 11.8 Å². The Kier molecular flexibility index (Phi) is 3.52. The van der Waals surface area contributed by atoms with Gasteiger partial charge in [-0.25, -0.2) is 0 Å². The highest BCUT2D eigenvalue weighted by molar-refractivity contribution is 9.10. The molecule has 16 heavy (non-hydrogen) atoms. The molecule has 1 fully saturated rings. The zero-order chi connectivity index (χ0) is 11.8. The molecule has 0 atom stereocenters. The normalized spacial score (nSPS) is 17.2. The maximum Gasteiger partial charge on any atom is 0.146 e. The van der Waals surface area contributed by atoms with Crippen molar-refractivity contribution in [2.75, 3.05) is 13.4 Å². The molecule has 1 aromatic carbocycles. The molecule has 2 rings (SSSR count). The average Bonchev–Trinajstić information content (AvgIpc) is 2.95. The summed E-state index contributed by atoms with van der Waals surface area (Å²) in [7, 11) is 1.70. The third-order valence-electron chi connectivity index (χ3n) is 2.94. The van der Waals surface area contributed by atoms with Crippen LogP contribution < -0.4 is 10.5 Å². The smallest absolute Gasteiger partial charge is 0.146 e. The predicted octanol–water partition coefficient (Wildman–Crippen LogP) is 3.21. The van der Waals surface area contributed by atoms with Gasteiger partial charge in [0.2, 0.25) is 0 Å². The van der Waals surface area contributed by atoms with Crippen LogP contribution in [0.25, 0.3) is 0 Å². The van der Waals surface area contributed by atoms with Gasteiger partial charge in [-0.3, -0.25) is 0 Å². The predicted molar refractivity (Wildman–Crippen MR) is 72.3 cm³/mol. The van der Waals surface area contributed by atoms with Crippen LogP contribution in [0.4, 0.5) is 0 Å². The SMILES string of the molecule is COc1c(Br)cc(CC2(N)CC2)cc1SC. The van der Waals surface area contributed by atoms with E-state index in [1.165, 1.54) is 5.56 Å². The first-order valence-corrected chi connectivity index (χ1v) is 7.29. The molecule has 0 aromatic heterocycles. The van der Waals surface area contributed by atoms with Crippen LogP contribution in [0.15, 0.2) is 21.5 Å². The summed E-state index contributed by atoms with van der Waals surface area (Å²) in [6.07, 6.45) is 5.31. The van der Waals surface area contributed by atoms with Crippen LogP contribution in [0.5, 0.6) is 5.75 Å². The minimum Gasteiger partial charge on any atom is -0.494 e. The maximum atomic E-state index is 6.14. The molecule has 0 amide bonds. The van der Waals surface area contributed by atoms with Gasteiger partial charge >= 0.3 is 0 Å². The summed E-state index contributed by atoms with van der Waals surface area (Å²) >= 11 is 5.25. The van der Waals surface area contributed by atoms with Crippen molar-refractivity contribution in [3.05, 3.63) is 22.2 Å². The van der Waals surface area contributed by atoms with Crippen LogP contribution in [-0.2, 0) is 6.42 Å². The summed E-state index contributed by atoms with van der Waals surface area (Å²) in [6, 6.07) is 4.30. The van der Waals surface area contributed by atoms with Crippen LogP contribution in [0, 0.1) is 0 Å². The molecule has 0 radical (unpaired) electrons. The lowest BCUT2D eigenvalue weighted by Crippen LogP contribution is -2.24. The van der Waals surface area contributed by atoms with Crippen molar-refractivity contribution in [1.29, 1.82) is 0 Å². The summed E-state index contributed by atoms with van der Waals surface area (Å²) in [4.78, 5) is 1.16. The van der Waals surface area contributed by atoms with E-state index in [1.54, 1.807) is 18.9 Å². The van der Waals surface area contributed by atoms with E-state index in [4.69, 9.17) is 10.5 Å². The van der Waals surface area contributed by atoms with Gasteiger partial charge in [-0.2, -0.15) is 0 Å². The summed E-state index contributed by atoms with van der Waals surface area (Å²) < 4.78 is 6.38. The van der Waals surface area contributed by atoms with Gasteiger partial charge in [0.15, 0.2) is 0 Å². The molecule has 2 nitrogen and oxygen atoms in total. The molecule has 88 valence electrons. The molecule has 4 heteroatoms. The van der Waals surface area contributed by atoms with E-state index in [0.717, 1.165) is 34.4 Å². The largest absolute Gasteiger partial charge is 0.494 e.